The third kappa shape index (κ3) is 2.98. The third-order valence-electron chi connectivity index (χ3n) is 2.79. The van der Waals surface area contributed by atoms with Crippen LogP contribution in [-0.4, -0.2) is 31.5 Å². The Bertz CT molecular complexity index is 579. The molecule has 7 heteroatoms. The van der Waals surface area contributed by atoms with E-state index < -0.39 is 0 Å². The average Bonchev–Trinajstić information content (AvgIpc) is 2.42. The first-order valence-corrected chi connectivity index (χ1v) is 6.08. The zero-order valence-electron chi connectivity index (χ0n) is 10.8. The van der Waals surface area contributed by atoms with Crippen molar-refractivity contribution in [3.63, 3.8) is 0 Å². The number of ether oxygens (including phenoxy) is 1. The number of nitrogens with one attached hydrogen (secondary N) is 1. The highest BCUT2D eigenvalue weighted by Gasteiger charge is 2.27. The lowest BCUT2D eigenvalue weighted by atomic mass is 10.2. The smallest absolute Gasteiger partial charge is 0.265 e. The van der Waals surface area contributed by atoms with E-state index in [9.17, 15) is 9.59 Å². The van der Waals surface area contributed by atoms with Gasteiger partial charge in [0.15, 0.2) is 6.61 Å². The summed E-state index contributed by atoms with van der Waals surface area (Å²) < 4.78 is 5.28. The van der Waals surface area contributed by atoms with Gasteiger partial charge in [0.1, 0.15) is 12.3 Å². The predicted octanol–water partition coefficient (Wildman–Crippen LogP) is 0.0241. The number of anilines is 2. The molecule has 0 aliphatic carbocycles. The van der Waals surface area contributed by atoms with Gasteiger partial charge in [0, 0.05) is 18.3 Å². The zero-order valence-corrected chi connectivity index (χ0v) is 10.8. The second kappa shape index (κ2) is 5.93. The number of carbonyl (C=O) groups excluding carboxylic acids is 2. The molecule has 1 heterocycles. The molecule has 20 heavy (non-hydrogen) atoms. The number of hydrogen-bond acceptors (Lipinski definition) is 5. The molecule has 0 saturated heterocycles. The van der Waals surface area contributed by atoms with E-state index in [4.69, 9.17) is 15.7 Å². The van der Waals surface area contributed by atoms with Crippen LogP contribution in [0.3, 0.4) is 0 Å². The summed E-state index contributed by atoms with van der Waals surface area (Å²) in [4.78, 5) is 24.9. The van der Waals surface area contributed by atoms with Crippen LogP contribution in [0.1, 0.15) is 6.42 Å². The summed E-state index contributed by atoms with van der Waals surface area (Å²) in [6, 6.07) is 6.83. The Balaban J connectivity index is 2.10. The van der Waals surface area contributed by atoms with Crippen LogP contribution < -0.4 is 20.7 Å². The summed E-state index contributed by atoms with van der Waals surface area (Å²) in [5.74, 6) is -0.134. The SMILES string of the molecule is N#CCCNC(=O)CN1C(=O)COc2cc(N)ccc21. The Labute approximate surface area is 115 Å². The maximum absolute atomic E-state index is 11.8. The summed E-state index contributed by atoms with van der Waals surface area (Å²) in [5.41, 5.74) is 6.69. The average molecular weight is 274 g/mol. The van der Waals surface area contributed by atoms with Crippen molar-refractivity contribution in [1.82, 2.24) is 5.32 Å². The van der Waals surface area contributed by atoms with Crippen molar-refractivity contribution in [3.8, 4) is 11.8 Å². The second-order valence-electron chi connectivity index (χ2n) is 4.25. The van der Waals surface area contributed by atoms with Gasteiger partial charge in [-0.2, -0.15) is 5.26 Å². The Hall–Kier alpha value is -2.75. The van der Waals surface area contributed by atoms with E-state index in [1.165, 1.54) is 4.90 Å². The van der Waals surface area contributed by atoms with Gasteiger partial charge in [0.25, 0.3) is 5.91 Å². The molecular formula is C13H14N4O3. The van der Waals surface area contributed by atoms with Crippen LogP contribution in [0, 0.1) is 11.3 Å². The van der Waals surface area contributed by atoms with Gasteiger partial charge in [-0.15, -0.1) is 0 Å². The molecule has 1 aliphatic rings. The molecule has 0 atom stereocenters. The van der Waals surface area contributed by atoms with E-state index in [1.807, 2.05) is 6.07 Å². The van der Waals surface area contributed by atoms with E-state index in [0.717, 1.165) is 0 Å². The van der Waals surface area contributed by atoms with Gasteiger partial charge in [0.2, 0.25) is 5.91 Å². The fourth-order valence-electron chi connectivity index (χ4n) is 1.85. The number of amides is 2. The first-order valence-electron chi connectivity index (χ1n) is 6.08. The van der Waals surface area contributed by atoms with Gasteiger partial charge in [-0.25, -0.2) is 0 Å². The first kappa shape index (κ1) is 13.7. The summed E-state index contributed by atoms with van der Waals surface area (Å²) >= 11 is 0. The summed E-state index contributed by atoms with van der Waals surface area (Å²) in [6.45, 7) is 0.0366. The van der Waals surface area contributed by atoms with E-state index in [-0.39, 0.29) is 37.9 Å². The van der Waals surface area contributed by atoms with Crippen molar-refractivity contribution in [2.24, 2.45) is 0 Å². The van der Waals surface area contributed by atoms with Gasteiger partial charge in [-0.05, 0) is 12.1 Å². The van der Waals surface area contributed by atoms with Gasteiger partial charge in [-0.3, -0.25) is 14.5 Å². The molecular weight excluding hydrogens is 260 g/mol. The Morgan fingerprint density at radius 1 is 1.55 bits per heavy atom. The highest BCUT2D eigenvalue weighted by atomic mass is 16.5. The van der Waals surface area contributed by atoms with E-state index in [1.54, 1.807) is 18.2 Å². The topological polar surface area (TPSA) is 108 Å². The molecule has 0 radical (unpaired) electrons. The minimum atomic E-state index is -0.321. The van der Waals surface area contributed by atoms with Gasteiger partial charge in [-0.1, -0.05) is 0 Å². The molecule has 0 saturated carbocycles. The highest BCUT2D eigenvalue weighted by Crippen LogP contribution is 2.33. The fraction of sp³-hybridized carbons (Fsp3) is 0.308. The third-order valence-corrected chi connectivity index (χ3v) is 2.79. The van der Waals surface area contributed by atoms with Crippen molar-refractivity contribution < 1.29 is 14.3 Å². The quantitative estimate of drug-likeness (QED) is 0.594. The number of nitrogens with two attached hydrogens (primary N) is 1. The van der Waals surface area contributed by atoms with E-state index in [0.29, 0.717) is 17.1 Å². The van der Waals surface area contributed by atoms with Crippen LogP contribution >= 0.6 is 0 Å². The molecule has 1 aliphatic heterocycles. The van der Waals surface area contributed by atoms with E-state index in [2.05, 4.69) is 5.32 Å². The Morgan fingerprint density at radius 2 is 2.35 bits per heavy atom. The molecule has 0 spiro atoms. The van der Waals surface area contributed by atoms with Crippen LogP contribution in [-0.2, 0) is 9.59 Å². The molecule has 0 fully saturated rings. The molecule has 2 amide bonds. The minimum Gasteiger partial charge on any atom is -0.481 e. The number of nitrogens with zero attached hydrogens (tertiary/aromatic N) is 2. The van der Waals surface area contributed by atoms with Gasteiger partial charge in [0.05, 0.1) is 18.2 Å². The van der Waals surface area contributed by atoms with E-state index >= 15 is 0 Å². The lowest BCUT2D eigenvalue weighted by Gasteiger charge is -2.29. The minimum absolute atomic E-state index is 0.107. The van der Waals surface area contributed by atoms with Crippen LogP contribution in [0.2, 0.25) is 0 Å². The largest absolute Gasteiger partial charge is 0.481 e. The van der Waals surface area contributed by atoms with Crippen LogP contribution in [0.15, 0.2) is 18.2 Å². The first-order chi connectivity index (χ1) is 9.61. The predicted molar refractivity (Wildman–Crippen MR) is 71.9 cm³/mol. The lowest BCUT2D eigenvalue weighted by Crippen LogP contribution is -2.45. The molecule has 1 aromatic carbocycles. The molecule has 0 aromatic heterocycles. The molecule has 104 valence electrons. The fourth-order valence-corrected chi connectivity index (χ4v) is 1.85. The Kier molecular flexibility index (Phi) is 4.05. The van der Waals surface area contributed by atoms with Crippen LogP contribution in [0.5, 0.6) is 5.75 Å². The number of nitrogen functional groups attached to an aromatic ring is 1. The van der Waals surface area contributed by atoms with Crippen molar-refractivity contribution in [2.45, 2.75) is 6.42 Å². The summed E-state index contributed by atoms with van der Waals surface area (Å²) in [5, 5.41) is 11.0. The molecule has 0 bridgehead atoms. The molecule has 7 nitrogen and oxygen atoms in total. The van der Waals surface area contributed by atoms with Crippen molar-refractivity contribution in [3.05, 3.63) is 18.2 Å². The van der Waals surface area contributed by atoms with Crippen LogP contribution in [0.25, 0.3) is 0 Å². The van der Waals surface area contributed by atoms with Crippen molar-refractivity contribution in [2.75, 3.05) is 30.3 Å². The maximum Gasteiger partial charge on any atom is 0.265 e. The van der Waals surface area contributed by atoms with Gasteiger partial charge >= 0.3 is 0 Å². The summed E-state index contributed by atoms with van der Waals surface area (Å²) in [7, 11) is 0. The van der Waals surface area contributed by atoms with Crippen molar-refractivity contribution >= 4 is 23.2 Å². The summed E-state index contributed by atoms with van der Waals surface area (Å²) in [6.07, 6.45) is 0.232. The Morgan fingerprint density at radius 3 is 3.10 bits per heavy atom. The highest BCUT2D eigenvalue weighted by molar-refractivity contribution is 6.02. The number of nitriles is 1. The maximum atomic E-state index is 11.8. The number of rotatable bonds is 4. The standard InChI is InChI=1S/C13H14N4O3/c14-4-1-5-16-12(18)7-17-10-3-2-9(15)6-11(10)20-8-13(17)19/h2-3,6H,1,5,7-8,15H2,(H,16,18). The number of benzene rings is 1. The number of fused-ring (bicyclic) bond motifs is 1. The molecule has 0 unspecified atom stereocenters. The van der Waals surface area contributed by atoms with Gasteiger partial charge < -0.3 is 15.8 Å². The zero-order chi connectivity index (χ0) is 14.5. The van der Waals surface area contributed by atoms with Crippen LogP contribution in [0.4, 0.5) is 11.4 Å². The number of hydrogen-bond donors (Lipinski definition) is 2. The monoisotopic (exact) mass is 274 g/mol. The molecule has 1 aromatic rings. The normalized spacial score (nSPS) is 13.2. The number of carbonyl (C=O) groups is 2. The second-order valence-corrected chi connectivity index (χ2v) is 4.25. The molecule has 3 N–H and O–H groups in total. The van der Waals surface area contributed by atoms with Crippen molar-refractivity contribution in [1.29, 1.82) is 5.26 Å². The molecule has 2 rings (SSSR count). The lowest BCUT2D eigenvalue weighted by molar-refractivity contribution is -0.125.